The number of ether oxygens (including phenoxy) is 1. The first-order chi connectivity index (χ1) is 17.8. The zero-order valence-electron chi connectivity index (χ0n) is 20.1. The Labute approximate surface area is 215 Å². The van der Waals surface area contributed by atoms with Crippen LogP contribution < -0.4 is 15.8 Å². The second-order valence-electron chi connectivity index (χ2n) is 8.96. The van der Waals surface area contributed by atoms with E-state index in [0.29, 0.717) is 22.5 Å². The molecule has 7 nitrogen and oxygen atoms in total. The van der Waals surface area contributed by atoms with Crippen LogP contribution in [0.1, 0.15) is 81.3 Å². The molecule has 10 heteroatoms. The third-order valence-electron chi connectivity index (χ3n) is 6.14. The Balaban J connectivity index is 1.37. The summed E-state index contributed by atoms with van der Waals surface area (Å²) in [5, 5.41) is 3.19. The first-order valence-corrected chi connectivity index (χ1v) is 12.8. The first-order valence-electron chi connectivity index (χ1n) is 12.0. The topological polar surface area (TPSA) is 107 Å². The molecule has 0 saturated heterocycles. The van der Waals surface area contributed by atoms with Crippen molar-refractivity contribution in [3.63, 3.8) is 0 Å². The number of fused-ring (bicyclic) bond motifs is 1. The summed E-state index contributed by atoms with van der Waals surface area (Å²) in [7, 11) is 0. The quantitative estimate of drug-likeness (QED) is 0.243. The Morgan fingerprint density at radius 1 is 1.22 bits per heavy atom. The van der Waals surface area contributed by atoms with Crippen molar-refractivity contribution in [1.29, 1.82) is 0 Å². The highest BCUT2D eigenvalue weighted by Gasteiger charge is 2.32. The van der Waals surface area contributed by atoms with E-state index in [0.717, 1.165) is 37.0 Å². The summed E-state index contributed by atoms with van der Waals surface area (Å²) in [6.45, 7) is 2.25. The van der Waals surface area contributed by atoms with Gasteiger partial charge in [-0.05, 0) is 66.6 Å². The van der Waals surface area contributed by atoms with Crippen molar-refractivity contribution in [3.05, 3.63) is 75.7 Å². The van der Waals surface area contributed by atoms with E-state index < -0.39 is 18.2 Å². The average Bonchev–Trinajstić information content (AvgIpc) is 3.50. The number of nitrogens with one attached hydrogen (secondary N) is 1. The van der Waals surface area contributed by atoms with Gasteiger partial charge in [-0.3, -0.25) is 9.59 Å². The molecule has 192 valence electrons. The molecule has 0 unspecified atom stereocenters. The molecule has 3 aromatic heterocycles. The predicted octanol–water partition coefficient (Wildman–Crippen LogP) is 6.59. The number of nitrogens with two attached hydrogens (primary N) is 1. The van der Waals surface area contributed by atoms with Gasteiger partial charge in [0.1, 0.15) is 33.5 Å². The highest BCUT2D eigenvalue weighted by atomic mass is 32.1. The number of primary amides is 1. The number of carbonyl (C=O) groups excluding carboxylic acids is 2. The Morgan fingerprint density at radius 3 is 2.62 bits per heavy atom. The monoisotopic (exact) mass is 525 g/mol. The van der Waals surface area contributed by atoms with Crippen LogP contribution in [0.25, 0.3) is 10.2 Å². The van der Waals surface area contributed by atoms with Crippen molar-refractivity contribution >= 4 is 39.1 Å². The molecule has 2 amide bonds. The maximum absolute atomic E-state index is 13.4. The van der Waals surface area contributed by atoms with E-state index in [-0.39, 0.29) is 39.4 Å². The molecular formula is C27H25F2N3O4S. The predicted molar refractivity (Wildman–Crippen MR) is 137 cm³/mol. The molecule has 1 saturated carbocycles. The lowest BCUT2D eigenvalue weighted by atomic mass is 10.0. The van der Waals surface area contributed by atoms with Gasteiger partial charge in [0.25, 0.3) is 18.2 Å². The van der Waals surface area contributed by atoms with Crippen LogP contribution in [0, 0.1) is 0 Å². The number of benzene rings is 1. The van der Waals surface area contributed by atoms with E-state index >= 15 is 0 Å². The van der Waals surface area contributed by atoms with Gasteiger partial charge >= 0.3 is 0 Å². The number of anilines is 1. The van der Waals surface area contributed by atoms with Crippen molar-refractivity contribution < 1.29 is 27.5 Å². The molecule has 1 fully saturated rings. The van der Waals surface area contributed by atoms with Crippen LogP contribution in [0.5, 0.6) is 5.75 Å². The maximum Gasteiger partial charge on any atom is 0.291 e. The minimum Gasteiger partial charge on any atom is -0.486 e. The molecular weight excluding hydrogens is 500 g/mol. The molecule has 0 radical (unpaired) electrons. The Morgan fingerprint density at radius 2 is 1.97 bits per heavy atom. The van der Waals surface area contributed by atoms with Gasteiger partial charge < -0.3 is 20.2 Å². The van der Waals surface area contributed by atoms with Crippen LogP contribution in [0.2, 0.25) is 0 Å². The molecule has 4 aromatic rings. The van der Waals surface area contributed by atoms with Gasteiger partial charge in [-0.2, -0.15) is 0 Å². The number of rotatable bonds is 10. The number of alkyl halides is 2. The number of aromatic nitrogens is 1. The molecule has 0 spiro atoms. The standard InChI is InChI=1S/C27H25F2N3O4S/c1-2-3-14-4-8-16(9-5-14)35-13-17-10-11-20(36-17)26(34)32-22-21-18(15-6-7-15)12-19(24(28)29)31-27(21)37-23(22)25(30)33/h4-5,8-12,15,24H,2-3,6-7,13H2,1H3,(H2,30,33)(H,32,34). The van der Waals surface area contributed by atoms with Gasteiger partial charge in [0.15, 0.2) is 5.76 Å². The zero-order valence-corrected chi connectivity index (χ0v) is 20.9. The first kappa shape index (κ1) is 24.9. The zero-order chi connectivity index (χ0) is 26.1. The van der Waals surface area contributed by atoms with E-state index in [9.17, 15) is 18.4 Å². The summed E-state index contributed by atoms with van der Waals surface area (Å²) in [4.78, 5) is 29.5. The lowest BCUT2D eigenvalue weighted by Crippen LogP contribution is -2.16. The largest absolute Gasteiger partial charge is 0.486 e. The summed E-state index contributed by atoms with van der Waals surface area (Å²) >= 11 is 0.891. The molecule has 1 aromatic carbocycles. The number of hydrogen-bond donors (Lipinski definition) is 2. The number of amides is 2. The molecule has 0 bridgehead atoms. The molecule has 0 aliphatic heterocycles. The van der Waals surface area contributed by atoms with Gasteiger partial charge in [-0.15, -0.1) is 11.3 Å². The van der Waals surface area contributed by atoms with Crippen LogP contribution in [-0.4, -0.2) is 16.8 Å². The van der Waals surface area contributed by atoms with Crippen LogP contribution in [0.3, 0.4) is 0 Å². The Kier molecular flexibility index (Phi) is 6.92. The van der Waals surface area contributed by atoms with Crippen molar-refractivity contribution in [2.24, 2.45) is 5.73 Å². The van der Waals surface area contributed by atoms with Gasteiger partial charge in [0.05, 0.1) is 5.69 Å². The third-order valence-corrected chi connectivity index (χ3v) is 7.24. The summed E-state index contributed by atoms with van der Waals surface area (Å²) < 4.78 is 38.3. The number of aryl methyl sites for hydroxylation is 1. The summed E-state index contributed by atoms with van der Waals surface area (Å²) in [6.07, 6.45) is 0.977. The molecule has 5 rings (SSSR count). The fourth-order valence-electron chi connectivity index (χ4n) is 4.22. The highest BCUT2D eigenvalue weighted by Crippen LogP contribution is 2.48. The number of hydrogen-bond acceptors (Lipinski definition) is 6. The van der Waals surface area contributed by atoms with Crippen molar-refractivity contribution in [3.8, 4) is 5.75 Å². The fraction of sp³-hybridized carbons (Fsp3) is 0.296. The number of thiophene rings is 1. The fourth-order valence-corrected chi connectivity index (χ4v) is 5.24. The average molecular weight is 526 g/mol. The number of furan rings is 1. The van der Waals surface area contributed by atoms with Crippen LogP contribution >= 0.6 is 11.3 Å². The third kappa shape index (κ3) is 5.34. The van der Waals surface area contributed by atoms with Crippen LogP contribution in [0.15, 0.2) is 46.9 Å². The van der Waals surface area contributed by atoms with Crippen molar-refractivity contribution in [2.75, 3.05) is 5.32 Å². The lowest BCUT2D eigenvalue weighted by molar-refractivity contribution is 0.0992. The number of pyridine rings is 1. The summed E-state index contributed by atoms with van der Waals surface area (Å²) in [6, 6.07) is 12.3. The minimum atomic E-state index is -2.75. The van der Waals surface area contributed by atoms with E-state index in [1.54, 1.807) is 6.07 Å². The van der Waals surface area contributed by atoms with E-state index in [1.165, 1.54) is 17.7 Å². The van der Waals surface area contributed by atoms with Crippen LogP contribution in [-0.2, 0) is 13.0 Å². The van der Waals surface area contributed by atoms with E-state index in [4.69, 9.17) is 14.9 Å². The molecule has 3 N–H and O–H groups in total. The van der Waals surface area contributed by atoms with Gasteiger partial charge in [0.2, 0.25) is 0 Å². The Hall–Kier alpha value is -3.79. The number of nitrogens with zero attached hydrogens (tertiary/aromatic N) is 1. The van der Waals surface area contributed by atoms with Gasteiger partial charge in [-0.25, -0.2) is 13.8 Å². The lowest BCUT2D eigenvalue weighted by Gasteiger charge is -2.09. The van der Waals surface area contributed by atoms with Crippen molar-refractivity contribution in [1.82, 2.24) is 4.98 Å². The summed E-state index contributed by atoms with van der Waals surface area (Å²) in [5.41, 5.74) is 7.24. The number of halogens is 2. The molecule has 37 heavy (non-hydrogen) atoms. The number of carbonyl (C=O) groups is 2. The molecule has 0 atom stereocenters. The molecule has 1 aliphatic carbocycles. The second-order valence-corrected chi connectivity index (χ2v) is 9.96. The molecule has 1 aliphatic rings. The second kappa shape index (κ2) is 10.3. The minimum absolute atomic E-state index is 0.0109. The maximum atomic E-state index is 13.4. The summed E-state index contributed by atoms with van der Waals surface area (Å²) in [5.74, 6) is -0.181. The van der Waals surface area contributed by atoms with Gasteiger partial charge in [0, 0.05) is 5.39 Å². The molecule has 3 heterocycles. The Bertz CT molecular complexity index is 1460. The van der Waals surface area contributed by atoms with Gasteiger partial charge in [-0.1, -0.05) is 25.5 Å². The normalized spacial score (nSPS) is 13.3. The smallest absolute Gasteiger partial charge is 0.291 e. The SMILES string of the molecule is CCCc1ccc(OCc2ccc(C(=O)Nc3c(C(N)=O)sc4nc(C(F)F)cc(C5CC5)c34)o2)cc1. The van der Waals surface area contributed by atoms with Crippen LogP contribution in [0.4, 0.5) is 14.5 Å². The van der Waals surface area contributed by atoms with E-state index in [2.05, 4.69) is 17.2 Å². The highest BCUT2D eigenvalue weighted by molar-refractivity contribution is 7.21. The van der Waals surface area contributed by atoms with E-state index in [1.807, 2.05) is 24.3 Å². The van der Waals surface area contributed by atoms with Crippen molar-refractivity contribution in [2.45, 2.75) is 51.6 Å².